The van der Waals surface area contributed by atoms with Gasteiger partial charge in [0.05, 0.1) is 19.9 Å². The summed E-state index contributed by atoms with van der Waals surface area (Å²) in [6.07, 6.45) is 0. The zero-order valence-electron chi connectivity index (χ0n) is 15.7. The van der Waals surface area contributed by atoms with Crippen LogP contribution >= 0.6 is 0 Å². The highest BCUT2D eigenvalue weighted by atomic mass is 16.5. The number of aryl methyl sites for hydroxylation is 3. The van der Waals surface area contributed by atoms with Crippen molar-refractivity contribution in [3.63, 3.8) is 0 Å². The fraction of sp³-hybridized carbons (Fsp3) is 0.350. The maximum Gasteiger partial charge on any atom is 0.246 e. The molecule has 0 aliphatic carbocycles. The number of benzene rings is 2. The van der Waals surface area contributed by atoms with Gasteiger partial charge in [0.25, 0.3) is 0 Å². The lowest BCUT2D eigenvalue weighted by molar-refractivity contribution is -0.116. The SMILES string of the molecule is COc1ccc(N[C@@H](C)C(=O)Nc2c(C)cc(C)cc2C)c(OC)c1. The summed E-state index contributed by atoms with van der Waals surface area (Å²) < 4.78 is 10.6. The number of anilines is 2. The van der Waals surface area contributed by atoms with Gasteiger partial charge in [-0.1, -0.05) is 17.7 Å². The van der Waals surface area contributed by atoms with Crippen molar-refractivity contribution in [2.24, 2.45) is 0 Å². The van der Waals surface area contributed by atoms with Crippen LogP contribution in [0.5, 0.6) is 11.5 Å². The predicted molar refractivity (Wildman–Crippen MR) is 102 cm³/mol. The van der Waals surface area contributed by atoms with Crippen LogP contribution < -0.4 is 20.1 Å². The van der Waals surface area contributed by atoms with Gasteiger partial charge in [0.1, 0.15) is 17.5 Å². The number of hydrogen-bond acceptors (Lipinski definition) is 4. The normalized spacial score (nSPS) is 11.6. The molecule has 0 unspecified atom stereocenters. The van der Waals surface area contributed by atoms with Crippen LogP contribution in [0.4, 0.5) is 11.4 Å². The molecule has 0 spiro atoms. The number of hydrogen-bond donors (Lipinski definition) is 2. The summed E-state index contributed by atoms with van der Waals surface area (Å²) in [6, 6.07) is 9.14. The molecule has 25 heavy (non-hydrogen) atoms. The topological polar surface area (TPSA) is 59.6 Å². The molecule has 0 saturated carbocycles. The third-order valence-corrected chi connectivity index (χ3v) is 4.10. The maximum absolute atomic E-state index is 12.6. The number of carbonyl (C=O) groups is 1. The Hall–Kier alpha value is -2.69. The van der Waals surface area contributed by atoms with Crippen LogP contribution in [0.15, 0.2) is 30.3 Å². The molecule has 0 saturated heterocycles. The molecule has 2 N–H and O–H groups in total. The van der Waals surface area contributed by atoms with Crippen molar-refractivity contribution < 1.29 is 14.3 Å². The first-order valence-corrected chi connectivity index (χ1v) is 8.23. The molecule has 2 aromatic rings. The van der Waals surface area contributed by atoms with Crippen molar-refractivity contribution in [1.29, 1.82) is 0 Å². The summed E-state index contributed by atoms with van der Waals surface area (Å²) in [5.41, 5.74) is 4.90. The highest BCUT2D eigenvalue weighted by molar-refractivity contribution is 5.97. The Morgan fingerprint density at radius 1 is 1.00 bits per heavy atom. The van der Waals surface area contributed by atoms with Gasteiger partial charge in [-0.3, -0.25) is 4.79 Å². The number of amides is 1. The number of ether oxygens (including phenoxy) is 2. The van der Waals surface area contributed by atoms with E-state index in [0.717, 1.165) is 22.5 Å². The zero-order chi connectivity index (χ0) is 18.6. The van der Waals surface area contributed by atoms with Crippen molar-refractivity contribution in [3.05, 3.63) is 47.0 Å². The lowest BCUT2D eigenvalue weighted by Gasteiger charge is -2.19. The molecule has 134 valence electrons. The first-order valence-electron chi connectivity index (χ1n) is 8.23. The van der Waals surface area contributed by atoms with Gasteiger partial charge >= 0.3 is 0 Å². The third kappa shape index (κ3) is 4.44. The van der Waals surface area contributed by atoms with Gasteiger partial charge in [-0.25, -0.2) is 0 Å². The van der Waals surface area contributed by atoms with Crippen LogP contribution in [0.25, 0.3) is 0 Å². The van der Waals surface area contributed by atoms with Crippen LogP contribution in [0.2, 0.25) is 0 Å². The molecule has 2 rings (SSSR count). The fourth-order valence-corrected chi connectivity index (χ4v) is 2.83. The van der Waals surface area contributed by atoms with Crippen molar-refractivity contribution in [2.45, 2.75) is 33.7 Å². The van der Waals surface area contributed by atoms with E-state index in [-0.39, 0.29) is 5.91 Å². The van der Waals surface area contributed by atoms with E-state index in [0.29, 0.717) is 11.5 Å². The second-order valence-electron chi connectivity index (χ2n) is 6.20. The highest BCUT2D eigenvalue weighted by Crippen LogP contribution is 2.30. The average molecular weight is 342 g/mol. The second-order valence-corrected chi connectivity index (χ2v) is 6.20. The number of methoxy groups -OCH3 is 2. The standard InChI is InChI=1S/C20H26N2O3/c1-12-9-13(2)19(14(3)10-12)22-20(23)15(4)21-17-8-7-16(24-5)11-18(17)25-6/h7-11,15,21H,1-6H3,(H,22,23)/t15-/m0/s1. The van der Waals surface area contributed by atoms with E-state index >= 15 is 0 Å². The van der Waals surface area contributed by atoms with Gasteiger partial charge in [0, 0.05) is 11.8 Å². The Labute approximate surface area is 149 Å². The molecule has 0 aromatic heterocycles. The minimum atomic E-state index is -0.428. The smallest absolute Gasteiger partial charge is 0.246 e. The lowest BCUT2D eigenvalue weighted by Crippen LogP contribution is -2.32. The molecule has 5 nitrogen and oxygen atoms in total. The lowest BCUT2D eigenvalue weighted by atomic mass is 10.0. The summed E-state index contributed by atoms with van der Waals surface area (Å²) in [7, 11) is 3.19. The summed E-state index contributed by atoms with van der Waals surface area (Å²) >= 11 is 0. The van der Waals surface area contributed by atoms with Crippen molar-refractivity contribution in [1.82, 2.24) is 0 Å². The van der Waals surface area contributed by atoms with Gasteiger partial charge in [-0.05, 0) is 51.0 Å². The predicted octanol–water partition coefficient (Wildman–Crippen LogP) is 4.07. The van der Waals surface area contributed by atoms with Crippen molar-refractivity contribution >= 4 is 17.3 Å². The van der Waals surface area contributed by atoms with Gasteiger partial charge in [-0.15, -0.1) is 0 Å². The van der Waals surface area contributed by atoms with E-state index in [1.165, 1.54) is 5.56 Å². The van der Waals surface area contributed by atoms with E-state index in [9.17, 15) is 4.79 Å². The Morgan fingerprint density at radius 3 is 2.20 bits per heavy atom. The van der Waals surface area contributed by atoms with Gasteiger partial charge in [0.15, 0.2) is 0 Å². The van der Waals surface area contributed by atoms with Gasteiger partial charge in [0.2, 0.25) is 5.91 Å². The maximum atomic E-state index is 12.6. The molecule has 0 heterocycles. The first-order chi connectivity index (χ1) is 11.8. The van der Waals surface area contributed by atoms with Gasteiger partial charge in [-0.2, -0.15) is 0 Å². The van der Waals surface area contributed by atoms with Crippen LogP contribution in [-0.2, 0) is 4.79 Å². The second kappa shape index (κ2) is 7.92. The average Bonchev–Trinajstić information content (AvgIpc) is 2.58. The number of nitrogens with one attached hydrogen (secondary N) is 2. The Morgan fingerprint density at radius 2 is 1.64 bits per heavy atom. The van der Waals surface area contributed by atoms with Gasteiger partial charge < -0.3 is 20.1 Å². The monoisotopic (exact) mass is 342 g/mol. The highest BCUT2D eigenvalue weighted by Gasteiger charge is 2.17. The van der Waals surface area contributed by atoms with Crippen LogP contribution in [0.3, 0.4) is 0 Å². The largest absolute Gasteiger partial charge is 0.497 e. The molecule has 0 bridgehead atoms. The molecular formula is C20H26N2O3. The number of carbonyl (C=O) groups excluding carboxylic acids is 1. The van der Waals surface area contributed by atoms with E-state index < -0.39 is 6.04 Å². The van der Waals surface area contributed by atoms with E-state index in [2.05, 4.69) is 22.8 Å². The van der Waals surface area contributed by atoms with Crippen molar-refractivity contribution in [2.75, 3.05) is 24.9 Å². The molecule has 0 fully saturated rings. The fourth-order valence-electron chi connectivity index (χ4n) is 2.83. The molecule has 0 radical (unpaired) electrons. The number of rotatable bonds is 6. The molecule has 5 heteroatoms. The van der Waals surface area contributed by atoms with E-state index in [1.807, 2.05) is 39.8 Å². The Bertz CT molecular complexity index is 749. The molecular weight excluding hydrogens is 316 g/mol. The quantitative estimate of drug-likeness (QED) is 0.831. The zero-order valence-corrected chi connectivity index (χ0v) is 15.7. The van der Waals surface area contributed by atoms with E-state index in [4.69, 9.17) is 9.47 Å². The minimum absolute atomic E-state index is 0.104. The summed E-state index contributed by atoms with van der Waals surface area (Å²) in [4.78, 5) is 12.6. The minimum Gasteiger partial charge on any atom is -0.497 e. The molecule has 2 aromatic carbocycles. The third-order valence-electron chi connectivity index (χ3n) is 4.10. The van der Waals surface area contributed by atoms with Crippen LogP contribution in [0.1, 0.15) is 23.6 Å². The van der Waals surface area contributed by atoms with E-state index in [1.54, 1.807) is 20.3 Å². The molecule has 1 atom stereocenters. The first kappa shape index (κ1) is 18.6. The van der Waals surface area contributed by atoms with Crippen LogP contribution in [-0.4, -0.2) is 26.2 Å². The molecule has 0 aliphatic rings. The summed E-state index contributed by atoms with van der Waals surface area (Å²) in [6.45, 7) is 7.87. The Balaban J connectivity index is 2.14. The Kier molecular flexibility index (Phi) is 5.91. The molecule has 0 aliphatic heterocycles. The molecule has 1 amide bonds. The van der Waals surface area contributed by atoms with Crippen molar-refractivity contribution in [3.8, 4) is 11.5 Å². The van der Waals surface area contributed by atoms with Crippen LogP contribution in [0, 0.1) is 20.8 Å². The summed E-state index contributed by atoms with van der Waals surface area (Å²) in [5.74, 6) is 1.22. The summed E-state index contributed by atoms with van der Waals surface area (Å²) in [5, 5.41) is 6.21.